The van der Waals surface area contributed by atoms with Crippen LogP contribution >= 0.6 is 0 Å². The van der Waals surface area contributed by atoms with Crippen molar-refractivity contribution in [1.29, 1.82) is 0 Å². The lowest BCUT2D eigenvalue weighted by Crippen LogP contribution is -2.47. The van der Waals surface area contributed by atoms with Crippen LogP contribution in [0.25, 0.3) is 0 Å². The van der Waals surface area contributed by atoms with Crippen LogP contribution in [0.5, 0.6) is 0 Å². The van der Waals surface area contributed by atoms with E-state index in [2.05, 4.69) is 17.4 Å². The van der Waals surface area contributed by atoms with Crippen molar-refractivity contribution in [3.63, 3.8) is 0 Å². The van der Waals surface area contributed by atoms with Gasteiger partial charge in [-0.15, -0.1) is 0 Å². The highest BCUT2D eigenvalue weighted by Gasteiger charge is 2.40. The Labute approximate surface area is 183 Å². The predicted molar refractivity (Wildman–Crippen MR) is 122 cm³/mol. The number of nitrogens with zero attached hydrogens (tertiary/aromatic N) is 1. The summed E-state index contributed by atoms with van der Waals surface area (Å²) in [7, 11) is 0. The van der Waals surface area contributed by atoms with Crippen molar-refractivity contribution in [2.45, 2.75) is 38.9 Å². The van der Waals surface area contributed by atoms with Crippen molar-refractivity contribution in [1.82, 2.24) is 10.2 Å². The number of hydrogen-bond acceptors (Lipinski definition) is 2. The Morgan fingerprint density at radius 1 is 0.903 bits per heavy atom. The quantitative estimate of drug-likeness (QED) is 0.633. The first-order valence-electron chi connectivity index (χ1n) is 10.8. The van der Waals surface area contributed by atoms with E-state index in [1.807, 2.05) is 84.6 Å². The van der Waals surface area contributed by atoms with E-state index in [4.69, 9.17) is 0 Å². The fourth-order valence-corrected chi connectivity index (χ4v) is 4.28. The molecule has 4 heteroatoms. The summed E-state index contributed by atoms with van der Waals surface area (Å²) < 4.78 is 0. The molecule has 1 fully saturated rings. The fourth-order valence-electron chi connectivity index (χ4n) is 4.28. The molecule has 3 aromatic rings. The van der Waals surface area contributed by atoms with Crippen LogP contribution in [0.2, 0.25) is 0 Å². The van der Waals surface area contributed by atoms with E-state index >= 15 is 0 Å². The maximum atomic E-state index is 13.3. The van der Waals surface area contributed by atoms with E-state index in [1.54, 1.807) is 0 Å². The Bertz CT molecular complexity index is 1020. The first kappa shape index (κ1) is 20.9. The SMILES string of the molecule is Cc1ccc(CNC(=O)[C@@H]2CCC(=O)N(Cc3ccccc3)[C@@H]2c2ccccc2)cc1. The summed E-state index contributed by atoms with van der Waals surface area (Å²) in [5, 5.41) is 3.11. The smallest absolute Gasteiger partial charge is 0.225 e. The van der Waals surface area contributed by atoms with Crippen LogP contribution < -0.4 is 5.32 Å². The molecule has 0 saturated carbocycles. The molecule has 0 spiro atoms. The number of hydrogen-bond donors (Lipinski definition) is 1. The third kappa shape index (κ3) is 5.02. The summed E-state index contributed by atoms with van der Waals surface area (Å²) in [6.45, 7) is 3.04. The van der Waals surface area contributed by atoms with Gasteiger partial charge in [-0.2, -0.15) is 0 Å². The second-order valence-corrected chi connectivity index (χ2v) is 8.21. The molecule has 0 unspecified atom stereocenters. The van der Waals surface area contributed by atoms with Gasteiger partial charge in [0.2, 0.25) is 11.8 Å². The molecule has 2 amide bonds. The molecule has 1 saturated heterocycles. The number of nitrogens with one attached hydrogen (secondary N) is 1. The molecule has 1 N–H and O–H groups in total. The molecule has 3 aromatic carbocycles. The van der Waals surface area contributed by atoms with Crippen LogP contribution in [0.4, 0.5) is 0 Å². The number of benzene rings is 3. The second kappa shape index (κ2) is 9.61. The molecule has 1 aliphatic heterocycles. The minimum absolute atomic E-state index is 0.00000950. The Kier molecular flexibility index (Phi) is 6.46. The van der Waals surface area contributed by atoms with Gasteiger partial charge < -0.3 is 10.2 Å². The van der Waals surface area contributed by atoms with Gasteiger partial charge in [0, 0.05) is 19.5 Å². The normalized spacial score (nSPS) is 18.6. The number of carbonyl (C=O) groups excluding carboxylic acids is 2. The third-order valence-electron chi connectivity index (χ3n) is 5.97. The summed E-state index contributed by atoms with van der Waals surface area (Å²) in [6.07, 6.45) is 0.947. The van der Waals surface area contributed by atoms with Crippen molar-refractivity contribution < 1.29 is 9.59 Å². The van der Waals surface area contributed by atoms with Crippen LogP contribution in [0.15, 0.2) is 84.9 Å². The number of piperidine rings is 1. The number of carbonyl (C=O) groups is 2. The van der Waals surface area contributed by atoms with Gasteiger partial charge in [0.15, 0.2) is 0 Å². The van der Waals surface area contributed by atoms with Crippen molar-refractivity contribution in [3.8, 4) is 0 Å². The first-order valence-corrected chi connectivity index (χ1v) is 10.8. The van der Waals surface area contributed by atoms with Crippen LogP contribution in [-0.2, 0) is 22.7 Å². The van der Waals surface area contributed by atoms with Crippen LogP contribution in [0, 0.1) is 12.8 Å². The summed E-state index contributed by atoms with van der Waals surface area (Å²) in [6, 6.07) is 27.8. The van der Waals surface area contributed by atoms with E-state index in [1.165, 1.54) is 5.56 Å². The predicted octanol–water partition coefficient (Wildman–Crippen LogP) is 4.79. The lowest BCUT2D eigenvalue weighted by atomic mass is 9.83. The molecule has 1 aliphatic rings. The van der Waals surface area contributed by atoms with Crippen molar-refractivity contribution in [2.75, 3.05) is 0 Å². The largest absolute Gasteiger partial charge is 0.352 e. The van der Waals surface area contributed by atoms with E-state index in [-0.39, 0.29) is 23.8 Å². The Hall–Kier alpha value is -3.40. The topological polar surface area (TPSA) is 49.4 Å². The molecule has 2 atom stereocenters. The minimum Gasteiger partial charge on any atom is -0.352 e. The first-order chi connectivity index (χ1) is 15.1. The van der Waals surface area contributed by atoms with Crippen molar-refractivity contribution in [2.24, 2.45) is 5.92 Å². The summed E-state index contributed by atoms with van der Waals surface area (Å²) in [5.74, 6) is -0.186. The lowest BCUT2D eigenvalue weighted by Gasteiger charge is -2.41. The molecule has 0 aliphatic carbocycles. The van der Waals surface area contributed by atoms with Crippen molar-refractivity contribution in [3.05, 3.63) is 107 Å². The van der Waals surface area contributed by atoms with E-state index in [0.29, 0.717) is 25.9 Å². The van der Waals surface area contributed by atoms with Crippen LogP contribution in [0.1, 0.15) is 41.1 Å². The zero-order valence-electron chi connectivity index (χ0n) is 17.8. The molecule has 4 nitrogen and oxygen atoms in total. The summed E-state index contributed by atoms with van der Waals surface area (Å²) >= 11 is 0. The Balaban J connectivity index is 1.58. The average molecular weight is 413 g/mol. The van der Waals surface area contributed by atoms with Gasteiger partial charge in [-0.3, -0.25) is 9.59 Å². The Morgan fingerprint density at radius 3 is 2.23 bits per heavy atom. The molecule has 0 radical (unpaired) electrons. The third-order valence-corrected chi connectivity index (χ3v) is 5.97. The van der Waals surface area contributed by atoms with Crippen LogP contribution in [0.3, 0.4) is 0 Å². The monoisotopic (exact) mass is 412 g/mol. The number of rotatable bonds is 6. The Morgan fingerprint density at radius 2 is 1.55 bits per heavy atom. The number of likely N-dealkylation sites (tertiary alicyclic amines) is 1. The lowest BCUT2D eigenvalue weighted by molar-refractivity contribution is -0.144. The molecule has 4 rings (SSSR count). The standard InChI is InChI=1S/C27H28N2O2/c1-20-12-14-21(15-13-20)18-28-27(31)24-16-17-25(30)29(19-22-8-4-2-5-9-22)26(24)23-10-6-3-7-11-23/h2-15,24,26H,16-19H2,1H3,(H,28,31)/t24-,26-/m1/s1. The summed E-state index contributed by atoms with van der Waals surface area (Å²) in [5.41, 5.74) is 4.34. The highest BCUT2D eigenvalue weighted by molar-refractivity contribution is 5.85. The number of aryl methyl sites for hydroxylation is 1. The van der Waals surface area contributed by atoms with Gasteiger partial charge in [-0.05, 0) is 30.0 Å². The molecule has 158 valence electrons. The summed E-state index contributed by atoms with van der Waals surface area (Å²) in [4.78, 5) is 28.1. The van der Waals surface area contributed by atoms with Crippen LogP contribution in [-0.4, -0.2) is 16.7 Å². The average Bonchev–Trinajstić information content (AvgIpc) is 2.81. The van der Waals surface area contributed by atoms with E-state index < -0.39 is 0 Å². The maximum Gasteiger partial charge on any atom is 0.225 e. The van der Waals surface area contributed by atoms with Gasteiger partial charge in [0.1, 0.15) is 0 Å². The van der Waals surface area contributed by atoms with Gasteiger partial charge in [-0.25, -0.2) is 0 Å². The zero-order chi connectivity index (χ0) is 21.6. The molecule has 0 aromatic heterocycles. The number of amides is 2. The fraction of sp³-hybridized carbons (Fsp3) is 0.259. The van der Waals surface area contributed by atoms with Gasteiger partial charge in [0.25, 0.3) is 0 Å². The van der Waals surface area contributed by atoms with Gasteiger partial charge in [-0.1, -0.05) is 90.5 Å². The van der Waals surface area contributed by atoms with Gasteiger partial charge in [0.05, 0.1) is 12.0 Å². The molecular weight excluding hydrogens is 384 g/mol. The van der Waals surface area contributed by atoms with Gasteiger partial charge >= 0.3 is 0 Å². The molecular formula is C27H28N2O2. The second-order valence-electron chi connectivity index (χ2n) is 8.21. The highest BCUT2D eigenvalue weighted by Crippen LogP contribution is 2.38. The zero-order valence-corrected chi connectivity index (χ0v) is 17.8. The van der Waals surface area contributed by atoms with E-state index in [0.717, 1.165) is 16.7 Å². The highest BCUT2D eigenvalue weighted by atomic mass is 16.2. The van der Waals surface area contributed by atoms with E-state index in [9.17, 15) is 9.59 Å². The maximum absolute atomic E-state index is 13.3. The van der Waals surface area contributed by atoms with Crippen molar-refractivity contribution >= 4 is 11.8 Å². The molecule has 1 heterocycles. The molecule has 0 bridgehead atoms. The minimum atomic E-state index is -0.283. The molecule has 31 heavy (non-hydrogen) atoms.